The van der Waals surface area contributed by atoms with Crippen LogP contribution < -0.4 is 22.1 Å². The van der Waals surface area contributed by atoms with E-state index in [1.807, 2.05) is 13.8 Å². The van der Waals surface area contributed by atoms with Gasteiger partial charge < -0.3 is 31.6 Å². The third-order valence-corrected chi connectivity index (χ3v) is 3.11. The van der Waals surface area contributed by atoms with E-state index in [1.165, 1.54) is 0 Å². The Bertz CT molecular complexity index is 310. The van der Waals surface area contributed by atoms with E-state index in [9.17, 15) is 9.59 Å². The molecular weight excluding hydrogens is 359 g/mol. The molecule has 0 aromatic heterocycles. The number of nitrogens with two attached hydrogens (primary N) is 2. The van der Waals surface area contributed by atoms with Gasteiger partial charge in [0.15, 0.2) is 0 Å². The number of ether oxygens (including phenoxy) is 2. The summed E-state index contributed by atoms with van der Waals surface area (Å²) in [4.78, 5) is 22.6. The van der Waals surface area contributed by atoms with Gasteiger partial charge in [-0.3, -0.25) is 0 Å². The zero-order valence-electron chi connectivity index (χ0n) is 14.5. The van der Waals surface area contributed by atoms with Crippen molar-refractivity contribution in [2.45, 2.75) is 45.1 Å². The van der Waals surface area contributed by atoms with E-state index in [0.717, 1.165) is 12.8 Å². The largest absolute Gasteiger partial charge is 0.449 e. The number of amides is 2. The molecule has 0 aliphatic heterocycles. The number of alkyl carbamates (subject to hydrolysis) is 2. The molecule has 24 heavy (non-hydrogen) atoms. The van der Waals surface area contributed by atoms with Crippen LogP contribution in [0.15, 0.2) is 0 Å². The number of halogens is 2. The molecule has 0 unspecified atom stereocenters. The summed E-state index contributed by atoms with van der Waals surface area (Å²) >= 11 is 0. The molecule has 146 valence electrons. The van der Waals surface area contributed by atoms with Crippen molar-refractivity contribution in [2.24, 2.45) is 11.5 Å². The van der Waals surface area contributed by atoms with Gasteiger partial charge in [-0.2, -0.15) is 0 Å². The average molecular weight is 391 g/mol. The number of hydrogen-bond acceptors (Lipinski definition) is 6. The minimum absolute atomic E-state index is 0. The van der Waals surface area contributed by atoms with E-state index in [1.54, 1.807) is 0 Å². The van der Waals surface area contributed by atoms with Crippen molar-refractivity contribution in [2.75, 3.05) is 32.8 Å². The molecule has 0 aliphatic rings. The Labute approximate surface area is 156 Å². The number of rotatable bonds is 11. The van der Waals surface area contributed by atoms with Crippen molar-refractivity contribution >= 4 is 37.0 Å². The number of carbonyl (C=O) groups excluding carboxylic acids is 2. The normalized spacial score (nSPS) is 10.0. The van der Waals surface area contributed by atoms with E-state index >= 15 is 0 Å². The molecule has 0 bridgehead atoms. The lowest BCUT2D eigenvalue weighted by atomic mass is 9.93. The Kier molecular flexibility index (Phi) is 19.6. The fourth-order valence-corrected chi connectivity index (χ4v) is 1.58. The molecule has 0 fully saturated rings. The first kappa shape index (κ1) is 27.9. The minimum Gasteiger partial charge on any atom is -0.449 e. The predicted octanol–water partition coefficient (Wildman–Crippen LogP) is 1.54. The number of nitrogens with one attached hydrogen (secondary N) is 2. The smallest absolute Gasteiger partial charge is 0.407 e. The first-order valence-electron chi connectivity index (χ1n) is 7.77. The molecule has 0 heterocycles. The highest BCUT2D eigenvalue weighted by Gasteiger charge is 2.24. The molecule has 0 atom stereocenters. The summed E-state index contributed by atoms with van der Waals surface area (Å²) in [5, 5.41) is 5.21. The molecule has 0 radical (unpaired) electrons. The summed E-state index contributed by atoms with van der Waals surface area (Å²) in [6.07, 6.45) is 1.57. The van der Waals surface area contributed by atoms with Gasteiger partial charge in [0.25, 0.3) is 0 Å². The second-order valence-electron chi connectivity index (χ2n) is 5.19. The average Bonchev–Trinajstić information content (AvgIpc) is 2.50. The maximum absolute atomic E-state index is 11.3. The Morgan fingerprint density at radius 3 is 1.58 bits per heavy atom. The maximum atomic E-state index is 11.3. The Morgan fingerprint density at radius 1 is 0.917 bits per heavy atom. The molecule has 0 saturated heterocycles. The summed E-state index contributed by atoms with van der Waals surface area (Å²) < 4.78 is 10.0. The molecule has 0 saturated carbocycles. The van der Waals surface area contributed by atoms with E-state index in [0.29, 0.717) is 25.9 Å². The Morgan fingerprint density at radius 2 is 1.29 bits per heavy atom. The Balaban J connectivity index is -0.00000220. The van der Waals surface area contributed by atoms with Crippen LogP contribution in [0, 0.1) is 0 Å². The van der Waals surface area contributed by atoms with Crippen molar-refractivity contribution in [1.82, 2.24) is 10.6 Å². The van der Waals surface area contributed by atoms with Gasteiger partial charge in [-0.15, -0.1) is 24.8 Å². The molecule has 0 rings (SSSR count). The summed E-state index contributed by atoms with van der Waals surface area (Å²) in [7, 11) is 0. The number of carbonyl (C=O) groups is 2. The molecule has 6 N–H and O–H groups in total. The van der Waals surface area contributed by atoms with E-state index in [-0.39, 0.29) is 44.6 Å². The summed E-state index contributed by atoms with van der Waals surface area (Å²) in [5.74, 6) is 0. The second-order valence-corrected chi connectivity index (χ2v) is 5.19. The fourth-order valence-electron chi connectivity index (χ4n) is 1.58. The monoisotopic (exact) mass is 390 g/mol. The van der Waals surface area contributed by atoms with Crippen molar-refractivity contribution in [3.8, 4) is 0 Å². The van der Waals surface area contributed by atoms with Crippen LogP contribution in [0.2, 0.25) is 0 Å². The van der Waals surface area contributed by atoms with E-state index in [2.05, 4.69) is 10.6 Å². The van der Waals surface area contributed by atoms with E-state index in [4.69, 9.17) is 20.9 Å². The van der Waals surface area contributed by atoms with Crippen molar-refractivity contribution in [1.29, 1.82) is 0 Å². The molecule has 0 aliphatic carbocycles. The van der Waals surface area contributed by atoms with Crippen LogP contribution in [-0.2, 0) is 9.47 Å². The van der Waals surface area contributed by atoms with Crippen LogP contribution in [0.1, 0.15) is 39.5 Å². The van der Waals surface area contributed by atoms with Gasteiger partial charge >= 0.3 is 12.2 Å². The van der Waals surface area contributed by atoms with E-state index < -0.39 is 17.7 Å². The molecule has 0 spiro atoms. The SMILES string of the molecule is CCCNC(=O)OCCC(N)(CN)CCOC(=O)NCCC.Cl.Cl. The van der Waals surface area contributed by atoms with Crippen molar-refractivity contribution < 1.29 is 19.1 Å². The van der Waals surface area contributed by atoms with Crippen molar-refractivity contribution in [3.05, 3.63) is 0 Å². The highest BCUT2D eigenvalue weighted by Crippen LogP contribution is 2.11. The molecule has 10 heteroatoms. The lowest BCUT2D eigenvalue weighted by Crippen LogP contribution is -2.49. The standard InChI is InChI=1S/C14H30N4O4.2ClH/c1-3-7-17-12(19)21-9-5-14(16,11-15)6-10-22-13(20)18-8-4-2;;/h3-11,15-16H2,1-2H3,(H,17,19)(H,18,20);2*1H. The summed E-state index contributed by atoms with van der Waals surface area (Å²) in [5.41, 5.74) is 11.1. The molecule has 0 aromatic rings. The minimum atomic E-state index is -0.726. The van der Waals surface area contributed by atoms with Gasteiger partial charge in [-0.1, -0.05) is 13.8 Å². The molecular formula is C14H32Cl2N4O4. The van der Waals surface area contributed by atoms with Gasteiger partial charge in [0.05, 0.1) is 13.2 Å². The van der Waals surface area contributed by atoms with Gasteiger partial charge in [-0.25, -0.2) is 9.59 Å². The molecule has 2 amide bonds. The summed E-state index contributed by atoms with van der Waals surface area (Å²) in [6.45, 7) is 5.62. The van der Waals surface area contributed by atoms with Crippen LogP contribution in [0.25, 0.3) is 0 Å². The van der Waals surface area contributed by atoms with Crippen molar-refractivity contribution in [3.63, 3.8) is 0 Å². The predicted molar refractivity (Wildman–Crippen MR) is 99.0 cm³/mol. The third-order valence-electron chi connectivity index (χ3n) is 3.11. The first-order chi connectivity index (χ1) is 10.5. The van der Waals surface area contributed by atoms with Crippen LogP contribution in [0.3, 0.4) is 0 Å². The maximum Gasteiger partial charge on any atom is 0.407 e. The Hall–Kier alpha value is -0.960. The van der Waals surface area contributed by atoms with Gasteiger partial charge in [0.2, 0.25) is 0 Å². The lowest BCUT2D eigenvalue weighted by Gasteiger charge is -2.27. The van der Waals surface area contributed by atoms with Crippen LogP contribution >= 0.6 is 24.8 Å². The highest BCUT2D eigenvalue weighted by molar-refractivity contribution is 5.85. The van der Waals surface area contributed by atoms with Gasteiger partial charge in [0, 0.05) is 38.0 Å². The zero-order valence-corrected chi connectivity index (χ0v) is 16.1. The van der Waals surface area contributed by atoms with Crippen LogP contribution in [0.4, 0.5) is 9.59 Å². The third kappa shape index (κ3) is 14.6. The number of hydrogen-bond donors (Lipinski definition) is 4. The second kappa shape index (κ2) is 16.9. The van der Waals surface area contributed by atoms with Gasteiger partial charge in [0.1, 0.15) is 0 Å². The topological polar surface area (TPSA) is 129 Å². The quantitative estimate of drug-likeness (QED) is 0.423. The zero-order chi connectivity index (χ0) is 16.8. The fraction of sp³-hybridized carbons (Fsp3) is 0.857. The molecule has 0 aromatic carbocycles. The highest BCUT2D eigenvalue weighted by atomic mass is 35.5. The first-order valence-corrected chi connectivity index (χ1v) is 7.77. The summed E-state index contributed by atoms with van der Waals surface area (Å²) in [6, 6.07) is 0. The lowest BCUT2D eigenvalue weighted by molar-refractivity contribution is 0.119. The molecule has 8 nitrogen and oxygen atoms in total. The van der Waals surface area contributed by atoms with Crippen LogP contribution in [-0.4, -0.2) is 50.6 Å². The van der Waals surface area contributed by atoms with Crippen LogP contribution in [0.5, 0.6) is 0 Å². The van der Waals surface area contributed by atoms with Gasteiger partial charge in [-0.05, 0) is 12.8 Å².